The Kier molecular flexibility index (Phi) is 3.08. The van der Waals surface area contributed by atoms with Crippen LogP contribution in [0.2, 0.25) is 0 Å². The molecule has 0 unspecified atom stereocenters. The molecule has 0 aliphatic carbocycles. The summed E-state index contributed by atoms with van der Waals surface area (Å²) in [5, 5.41) is 0. The van der Waals surface area contributed by atoms with Gasteiger partial charge in [0.05, 0.1) is 0 Å². The molecule has 0 saturated carbocycles. The maximum atomic E-state index is 10.1. The van der Waals surface area contributed by atoms with Gasteiger partial charge < -0.3 is 0 Å². The van der Waals surface area contributed by atoms with Crippen LogP contribution in [0.1, 0.15) is 13.3 Å². The van der Waals surface area contributed by atoms with E-state index in [1.54, 1.807) is 0 Å². The summed E-state index contributed by atoms with van der Waals surface area (Å²) in [7, 11) is 1.15. The molecule has 0 heterocycles. The molecule has 3 nitrogen and oxygen atoms in total. The van der Waals surface area contributed by atoms with Crippen LogP contribution in [0.15, 0.2) is 0 Å². The first-order chi connectivity index (χ1) is 3.56. The molecule has 0 aromatic rings. The van der Waals surface area contributed by atoms with Gasteiger partial charge in [0.15, 0.2) is 0 Å². The molecule has 0 bridgehead atoms. The van der Waals surface area contributed by atoms with E-state index in [9.17, 15) is 8.42 Å². The van der Waals surface area contributed by atoms with Gasteiger partial charge in [-0.05, 0) is 6.42 Å². The fraction of sp³-hybridized carbons (Fsp3) is 1.00. The monoisotopic (exact) mass is 133 g/mol. The van der Waals surface area contributed by atoms with E-state index in [-0.39, 0.29) is 0 Å². The number of nitrogens with one attached hydrogen (secondary N) is 1. The lowest BCUT2D eigenvalue weighted by Crippen LogP contribution is -2.23. The van der Waals surface area contributed by atoms with Gasteiger partial charge in [0.1, 0.15) is 9.87 Å². The summed E-state index contributed by atoms with van der Waals surface area (Å²) in [4.78, 5) is 0. The molecule has 0 amide bonds. The number of hydrogen-bond donors (Lipinski definition) is 1. The van der Waals surface area contributed by atoms with Crippen LogP contribution in [0.5, 0.6) is 0 Å². The Morgan fingerprint density at radius 3 is 2.25 bits per heavy atom. The molecule has 0 aliphatic heterocycles. The summed E-state index contributed by atoms with van der Waals surface area (Å²) < 4.78 is 22.2. The summed E-state index contributed by atoms with van der Waals surface area (Å²) in [6, 6.07) is 0. The molecule has 46 valence electrons. The lowest BCUT2D eigenvalue weighted by molar-refractivity contribution is 0.595. The Morgan fingerprint density at radius 2 is 2.12 bits per heavy atom. The zero-order valence-electron chi connectivity index (χ0n) is 4.72. The first-order valence-electron chi connectivity index (χ1n) is 2.33. The molecule has 0 fully saturated rings. The third kappa shape index (κ3) is 5.97. The third-order valence-electron chi connectivity index (χ3n) is 0.553. The Labute approximate surface area is 50.8 Å². The standard InChI is InChI=1S/C3H8BNO2S/c1-2-3-5-8(4,6)7/h5H,2-3H2,1H3. The fourth-order valence-corrected chi connectivity index (χ4v) is 0.733. The minimum atomic E-state index is -3.44. The van der Waals surface area contributed by atoms with Gasteiger partial charge >= 0.3 is 0 Å². The molecule has 1 N–H and O–H groups in total. The zero-order chi connectivity index (χ0) is 6.62. The average molecular weight is 133 g/mol. The molecule has 0 aliphatic rings. The quantitative estimate of drug-likeness (QED) is 0.522. The van der Waals surface area contributed by atoms with Crippen molar-refractivity contribution in [2.45, 2.75) is 13.3 Å². The highest BCUT2D eigenvalue weighted by molar-refractivity contribution is 8.10. The molecular formula is C3H8BNO2S. The van der Waals surface area contributed by atoms with Crippen molar-refractivity contribution in [1.29, 1.82) is 0 Å². The van der Waals surface area contributed by atoms with Crippen molar-refractivity contribution < 1.29 is 8.42 Å². The summed E-state index contributed by atoms with van der Waals surface area (Å²) in [5.41, 5.74) is 0. The van der Waals surface area contributed by atoms with Gasteiger partial charge in [0.2, 0.25) is 0 Å². The largest absolute Gasteiger partial charge is 0.277 e. The van der Waals surface area contributed by atoms with Crippen LogP contribution < -0.4 is 4.72 Å². The molecule has 0 atom stereocenters. The maximum absolute atomic E-state index is 10.1. The van der Waals surface area contributed by atoms with Gasteiger partial charge in [-0.25, -0.2) is 13.1 Å². The highest BCUT2D eigenvalue weighted by Gasteiger charge is 1.94. The number of rotatable bonds is 3. The Hall–Kier alpha value is -0.0251. The summed E-state index contributed by atoms with van der Waals surface area (Å²) in [6.07, 6.45) is 0.760. The zero-order valence-corrected chi connectivity index (χ0v) is 5.53. The minimum Gasteiger partial charge on any atom is -0.227 e. The van der Waals surface area contributed by atoms with E-state index in [0.717, 1.165) is 6.42 Å². The highest BCUT2D eigenvalue weighted by atomic mass is 32.2. The molecule has 8 heavy (non-hydrogen) atoms. The minimum absolute atomic E-state index is 0.416. The van der Waals surface area contributed by atoms with E-state index in [1.807, 2.05) is 6.92 Å². The molecule has 0 aromatic heterocycles. The van der Waals surface area contributed by atoms with Crippen LogP contribution in [0.25, 0.3) is 0 Å². The molecule has 2 radical (unpaired) electrons. The van der Waals surface area contributed by atoms with Crippen LogP contribution in [0, 0.1) is 0 Å². The van der Waals surface area contributed by atoms with E-state index in [2.05, 4.69) is 11.8 Å². The van der Waals surface area contributed by atoms with Gasteiger partial charge in [0, 0.05) is 6.54 Å². The summed E-state index contributed by atoms with van der Waals surface area (Å²) >= 11 is 0. The molecule has 0 aromatic carbocycles. The maximum Gasteiger partial charge on any atom is 0.277 e. The Bertz CT molecular complexity index is 141. The van der Waals surface area contributed by atoms with Crippen molar-refractivity contribution in [2.24, 2.45) is 0 Å². The predicted molar refractivity (Wildman–Crippen MR) is 33.0 cm³/mol. The SMILES string of the molecule is [B]S(=O)(=O)NCCC. The Balaban J connectivity index is 3.42. The first kappa shape index (κ1) is 7.97. The highest BCUT2D eigenvalue weighted by Crippen LogP contribution is 1.73. The topological polar surface area (TPSA) is 46.2 Å². The van der Waals surface area contributed by atoms with Gasteiger partial charge in [0.25, 0.3) is 7.12 Å². The first-order valence-corrected chi connectivity index (χ1v) is 3.88. The van der Waals surface area contributed by atoms with Crippen molar-refractivity contribution in [3.63, 3.8) is 0 Å². The van der Waals surface area contributed by atoms with Gasteiger partial charge in [-0.2, -0.15) is 0 Å². The normalized spacial score (nSPS) is 11.6. The number of hydrogen-bond acceptors (Lipinski definition) is 2. The molecule has 0 saturated heterocycles. The van der Waals surface area contributed by atoms with Crippen LogP contribution in [-0.2, 0) is 9.87 Å². The fourth-order valence-electron chi connectivity index (χ4n) is 0.244. The van der Waals surface area contributed by atoms with Crippen molar-refractivity contribution in [2.75, 3.05) is 6.54 Å². The second-order valence-corrected chi connectivity index (χ2v) is 2.82. The van der Waals surface area contributed by atoms with Crippen LogP contribution in [0.4, 0.5) is 0 Å². The smallest absolute Gasteiger partial charge is 0.227 e. The molecule has 5 heteroatoms. The predicted octanol–water partition coefficient (Wildman–Crippen LogP) is -0.601. The van der Waals surface area contributed by atoms with E-state index >= 15 is 0 Å². The van der Waals surface area contributed by atoms with E-state index in [4.69, 9.17) is 0 Å². The van der Waals surface area contributed by atoms with Crippen molar-refractivity contribution in [3.05, 3.63) is 0 Å². The van der Waals surface area contributed by atoms with E-state index < -0.39 is 9.87 Å². The molecule has 0 spiro atoms. The van der Waals surface area contributed by atoms with Crippen LogP contribution in [0.3, 0.4) is 0 Å². The lowest BCUT2D eigenvalue weighted by Gasteiger charge is -1.96. The Morgan fingerprint density at radius 1 is 1.62 bits per heavy atom. The molecular weight excluding hydrogens is 125 g/mol. The van der Waals surface area contributed by atoms with Gasteiger partial charge in [-0.15, -0.1) is 0 Å². The van der Waals surface area contributed by atoms with Crippen LogP contribution in [-0.4, -0.2) is 22.1 Å². The summed E-state index contributed by atoms with van der Waals surface area (Å²) in [6.45, 7) is 2.27. The van der Waals surface area contributed by atoms with Crippen LogP contribution >= 0.6 is 0 Å². The van der Waals surface area contributed by atoms with Gasteiger partial charge in [-0.3, -0.25) is 0 Å². The molecule has 0 rings (SSSR count). The van der Waals surface area contributed by atoms with Crippen molar-refractivity contribution in [3.8, 4) is 0 Å². The van der Waals surface area contributed by atoms with Gasteiger partial charge in [-0.1, -0.05) is 6.92 Å². The second kappa shape index (κ2) is 3.09. The average Bonchev–Trinajstić information content (AvgIpc) is 1.59. The third-order valence-corrected chi connectivity index (χ3v) is 1.16. The van der Waals surface area contributed by atoms with Crippen molar-refractivity contribution in [1.82, 2.24) is 4.72 Å². The lowest BCUT2D eigenvalue weighted by atomic mass is 10.5. The van der Waals surface area contributed by atoms with Crippen molar-refractivity contribution >= 4 is 17.0 Å². The van der Waals surface area contributed by atoms with E-state index in [0.29, 0.717) is 6.54 Å². The second-order valence-electron chi connectivity index (χ2n) is 1.44. The van der Waals surface area contributed by atoms with E-state index in [1.165, 1.54) is 0 Å². The summed E-state index contributed by atoms with van der Waals surface area (Å²) in [5.74, 6) is 0.